The summed E-state index contributed by atoms with van der Waals surface area (Å²) in [5.41, 5.74) is 0. The zero-order valence-corrected chi connectivity index (χ0v) is 9.23. The van der Waals surface area contributed by atoms with Gasteiger partial charge in [-0.25, -0.2) is 0 Å². The minimum atomic E-state index is 0.125. The van der Waals surface area contributed by atoms with Gasteiger partial charge in [-0.3, -0.25) is 0 Å². The summed E-state index contributed by atoms with van der Waals surface area (Å²) in [4.78, 5) is 2.10. The molecule has 0 rings (SSSR count). The lowest BCUT2D eigenvalue weighted by molar-refractivity contribution is 0.565. The first-order chi connectivity index (χ1) is 5.02. The van der Waals surface area contributed by atoms with Gasteiger partial charge in [-0.2, -0.15) is 0 Å². The van der Waals surface area contributed by atoms with Crippen molar-refractivity contribution in [3.63, 3.8) is 0 Å². The molecule has 0 aromatic heterocycles. The van der Waals surface area contributed by atoms with E-state index < -0.39 is 0 Å². The van der Waals surface area contributed by atoms with Crippen LogP contribution in [0.3, 0.4) is 0 Å². The molecule has 0 saturated heterocycles. The van der Waals surface area contributed by atoms with Crippen molar-refractivity contribution in [2.45, 2.75) is 13.8 Å². The Balaban J connectivity index is 3.59. The molecule has 0 spiro atoms. The van der Waals surface area contributed by atoms with Gasteiger partial charge >= 0.3 is 0 Å². The Bertz CT molecular complexity index is 119. The first-order valence-electron chi connectivity index (χ1n) is 4.07. The summed E-state index contributed by atoms with van der Waals surface area (Å²) in [5.74, 6) is 3.16. The predicted octanol–water partition coefficient (Wildman–Crippen LogP) is 2.79. The van der Waals surface area contributed by atoms with Crippen LogP contribution in [0.15, 0.2) is 12.0 Å². The Kier molecular flexibility index (Phi) is 5.58. The maximum absolute atomic E-state index is 2.33. The van der Waals surface area contributed by atoms with Crippen molar-refractivity contribution >= 4 is 7.92 Å². The summed E-state index contributed by atoms with van der Waals surface area (Å²) in [6.07, 6.45) is 3.51. The highest BCUT2D eigenvalue weighted by Crippen LogP contribution is 2.34. The average molecular weight is 173 g/mol. The third kappa shape index (κ3) is 7.87. The molecule has 0 aliphatic carbocycles. The molecule has 0 aliphatic rings. The zero-order valence-electron chi connectivity index (χ0n) is 8.33. The van der Waals surface area contributed by atoms with Gasteiger partial charge in [0, 0.05) is 14.1 Å². The number of hydrogen-bond donors (Lipinski definition) is 0. The van der Waals surface area contributed by atoms with E-state index in [4.69, 9.17) is 0 Å². The second kappa shape index (κ2) is 5.60. The molecule has 0 radical (unpaired) electrons. The summed E-state index contributed by atoms with van der Waals surface area (Å²) >= 11 is 0. The molecule has 0 fully saturated rings. The average Bonchev–Trinajstić information content (AvgIpc) is 1.82. The predicted molar refractivity (Wildman–Crippen MR) is 55.4 cm³/mol. The molecule has 1 nitrogen and oxygen atoms in total. The molecule has 2 heteroatoms. The largest absolute Gasteiger partial charge is 0.383 e. The van der Waals surface area contributed by atoms with Crippen molar-refractivity contribution in [1.82, 2.24) is 4.90 Å². The summed E-state index contributed by atoms with van der Waals surface area (Å²) in [7, 11) is 4.25. The van der Waals surface area contributed by atoms with E-state index in [0.717, 1.165) is 5.92 Å². The zero-order chi connectivity index (χ0) is 8.85. The minimum absolute atomic E-state index is 0.125. The Hall–Kier alpha value is -0.0300. The monoisotopic (exact) mass is 173 g/mol. The van der Waals surface area contributed by atoms with Crippen LogP contribution in [0.2, 0.25) is 0 Å². The van der Waals surface area contributed by atoms with Crippen LogP contribution >= 0.6 is 7.92 Å². The van der Waals surface area contributed by atoms with Crippen LogP contribution in [0.4, 0.5) is 0 Å². The molecule has 0 amide bonds. The van der Waals surface area contributed by atoms with Crippen molar-refractivity contribution in [2.75, 3.05) is 26.9 Å². The lowest BCUT2D eigenvalue weighted by Gasteiger charge is -2.11. The minimum Gasteiger partial charge on any atom is -0.383 e. The fraction of sp³-hybridized carbons (Fsp3) is 0.778. The number of nitrogens with zero attached hydrogens (tertiary/aromatic N) is 1. The molecule has 66 valence electrons. The van der Waals surface area contributed by atoms with Crippen LogP contribution in [0, 0.1) is 5.92 Å². The van der Waals surface area contributed by atoms with Crippen LogP contribution in [0.5, 0.6) is 0 Å². The molecule has 0 heterocycles. The topological polar surface area (TPSA) is 3.24 Å². The van der Waals surface area contributed by atoms with Gasteiger partial charge in [-0.1, -0.05) is 21.8 Å². The van der Waals surface area contributed by atoms with E-state index in [1.807, 2.05) is 0 Å². The highest BCUT2D eigenvalue weighted by Gasteiger charge is 1.99. The van der Waals surface area contributed by atoms with E-state index >= 15 is 0 Å². The van der Waals surface area contributed by atoms with Crippen molar-refractivity contribution in [2.24, 2.45) is 5.92 Å². The first kappa shape index (κ1) is 11.0. The highest BCUT2D eigenvalue weighted by molar-refractivity contribution is 7.60. The Morgan fingerprint density at radius 2 is 1.91 bits per heavy atom. The van der Waals surface area contributed by atoms with Crippen LogP contribution in [0.1, 0.15) is 13.8 Å². The Morgan fingerprint density at radius 3 is 2.27 bits per heavy atom. The van der Waals surface area contributed by atoms with E-state index in [0.29, 0.717) is 0 Å². The summed E-state index contributed by atoms with van der Waals surface area (Å²) in [6.45, 7) is 6.89. The van der Waals surface area contributed by atoms with Gasteiger partial charge < -0.3 is 4.90 Å². The Morgan fingerprint density at radius 1 is 1.36 bits per heavy atom. The van der Waals surface area contributed by atoms with Crippen molar-refractivity contribution in [1.29, 1.82) is 0 Å². The van der Waals surface area contributed by atoms with Gasteiger partial charge in [-0.15, -0.1) is 0 Å². The van der Waals surface area contributed by atoms with Gasteiger partial charge in [-0.05, 0) is 30.8 Å². The SMILES string of the molecule is CC(C)CP(C)/C=C/N(C)C. The lowest BCUT2D eigenvalue weighted by atomic mass is 10.3. The van der Waals surface area contributed by atoms with E-state index in [2.05, 4.69) is 51.5 Å². The van der Waals surface area contributed by atoms with Crippen molar-refractivity contribution in [3.05, 3.63) is 12.0 Å². The molecule has 0 aliphatic heterocycles. The molecule has 1 unspecified atom stereocenters. The molecule has 1 atom stereocenters. The van der Waals surface area contributed by atoms with Crippen molar-refractivity contribution < 1.29 is 0 Å². The second-order valence-corrected chi connectivity index (χ2v) is 5.77. The van der Waals surface area contributed by atoms with Gasteiger partial charge in [0.1, 0.15) is 0 Å². The number of hydrogen-bond acceptors (Lipinski definition) is 1. The Labute approximate surface area is 72.2 Å². The third-order valence-electron chi connectivity index (χ3n) is 1.27. The van der Waals surface area contributed by atoms with Gasteiger partial charge in [0.25, 0.3) is 0 Å². The summed E-state index contributed by atoms with van der Waals surface area (Å²) in [6, 6.07) is 0. The van der Waals surface area contributed by atoms with E-state index in [-0.39, 0.29) is 7.92 Å². The van der Waals surface area contributed by atoms with Gasteiger partial charge in [0.15, 0.2) is 0 Å². The quantitative estimate of drug-likeness (QED) is 0.591. The van der Waals surface area contributed by atoms with E-state index in [9.17, 15) is 0 Å². The lowest BCUT2D eigenvalue weighted by Crippen LogP contribution is -2.00. The van der Waals surface area contributed by atoms with Crippen LogP contribution < -0.4 is 0 Å². The smallest absolute Gasteiger partial charge is 0.00556 e. The normalized spacial score (nSPS) is 14.4. The molecule has 0 bridgehead atoms. The fourth-order valence-electron chi connectivity index (χ4n) is 0.884. The molecule has 0 saturated carbocycles. The maximum Gasteiger partial charge on any atom is 0.00556 e. The van der Waals surface area contributed by atoms with Crippen molar-refractivity contribution in [3.8, 4) is 0 Å². The molecular weight excluding hydrogens is 153 g/mol. The van der Waals surface area contributed by atoms with Crippen LogP contribution in [-0.2, 0) is 0 Å². The third-order valence-corrected chi connectivity index (χ3v) is 3.22. The highest BCUT2D eigenvalue weighted by atomic mass is 31.1. The van der Waals surface area contributed by atoms with Gasteiger partial charge in [0.05, 0.1) is 0 Å². The second-order valence-electron chi connectivity index (χ2n) is 3.60. The molecule has 0 aromatic carbocycles. The van der Waals surface area contributed by atoms with E-state index in [1.54, 1.807) is 0 Å². The standard InChI is InChI=1S/C9H20NP/c1-9(2)8-11(5)7-6-10(3)4/h6-7,9H,8H2,1-5H3/b7-6+. The van der Waals surface area contributed by atoms with Crippen LogP contribution in [-0.4, -0.2) is 31.8 Å². The first-order valence-corrected chi connectivity index (χ1v) is 6.11. The molecule has 11 heavy (non-hydrogen) atoms. The summed E-state index contributed by atoms with van der Waals surface area (Å²) < 4.78 is 0. The van der Waals surface area contributed by atoms with E-state index in [1.165, 1.54) is 6.16 Å². The molecule has 0 aromatic rings. The van der Waals surface area contributed by atoms with Gasteiger partial charge in [0.2, 0.25) is 0 Å². The fourth-order valence-corrected chi connectivity index (χ4v) is 2.65. The van der Waals surface area contributed by atoms with Crippen LogP contribution in [0.25, 0.3) is 0 Å². The summed E-state index contributed by atoms with van der Waals surface area (Å²) in [5, 5.41) is 0. The molecular formula is C9H20NP. The molecule has 0 N–H and O–H groups in total. The maximum atomic E-state index is 2.33. The number of rotatable bonds is 4.